The lowest BCUT2D eigenvalue weighted by Crippen LogP contribution is -2.50. The Kier molecular flexibility index (Phi) is 8.54. The predicted molar refractivity (Wildman–Crippen MR) is 133 cm³/mol. The van der Waals surface area contributed by atoms with Crippen LogP contribution in [0.2, 0.25) is 5.02 Å². The zero-order chi connectivity index (χ0) is 25.9. The van der Waals surface area contributed by atoms with Crippen molar-refractivity contribution < 1.29 is 27.5 Å². The second-order valence-electron chi connectivity index (χ2n) is 8.26. The first-order valence-corrected chi connectivity index (χ1v) is 13.5. The van der Waals surface area contributed by atoms with Crippen molar-refractivity contribution in [3.8, 4) is 0 Å². The molecular formula is C22H27ClN4O6S2. The normalized spacial score (nSPS) is 15.2. The van der Waals surface area contributed by atoms with Gasteiger partial charge >= 0.3 is 5.97 Å². The van der Waals surface area contributed by atoms with Crippen LogP contribution in [-0.4, -0.2) is 74.2 Å². The molecule has 0 spiro atoms. The average molecular weight is 543 g/mol. The number of ether oxygens (including phenoxy) is 1. The number of thiophene rings is 1. The molecule has 190 valence electrons. The summed E-state index contributed by atoms with van der Waals surface area (Å²) in [6, 6.07) is 5.97. The number of hydrogen-bond donors (Lipinski definition) is 2. The van der Waals surface area contributed by atoms with Gasteiger partial charge in [0.15, 0.2) is 0 Å². The lowest BCUT2D eigenvalue weighted by atomic mass is 10.1. The van der Waals surface area contributed by atoms with Gasteiger partial charge in [-0.3, -0.25) is 14.5 Å². The van der Waals surface area contributed by atoms with Crippen LogP contribution in [0.3, 0.4) is 0 Å². The molecule has 1 aromatic heterocycles. The topological polar surface area (TPSA) is 139 Å². The van der Waals surface area contributed by atoms with E-state index in [1.165, 1.54) is 28.6 Å². The third kappa shape index (κ3) is 6.39. The quantitative estimate of drug-likeness (QED) is 0.488. The van der Waals surface area contributed by atoms with Gasteiger partial charge in [-0.15, -0.1) is 11.3 Å². The summed E-state index contributed by atoms with van der Waals surface area (Å²) in [5, 5.41) is 3.32. The molecular weight excluding hydrogens is 516 g/mol. The number of primary amides is 1. The van der Waals surface area contributed by atoms with Crippen molar-refractivity contribution in [1.29, 1.82) is 0 Å². The molecule has 0 atom stereocenters. The molecule has 0 unspecified atom stereocenters. The molecule has 3 rings (SSSR count). The van der Waals surface area contributed by atoms with Crippen molar-refractivity contribution in [1.82, 2.24) is 9.21 Å². The van der Waals surface area contributed by atoms with Crippen molar-refractivity contribution >= 4 is 55.7 Å². The van der Waals surface area contributed by atoms with Crippen LogP contribution < -0.4 is 11.1 Å². The number of esters is 1. The zero-order valence-corrected chi connectivity index (χ0v) is 21.9. The van der Waals surface area contributed by atoms with Gasteiger partial charge in [0.1, 0.15) is 5.00 Å². The van der Waals surface area contributed by atoms with Gasteiger partial charge < -0.3 is 15.8 Å². The second kappa shape index (κ2) is 11.0. The van der Waals surface area contributed by atoms with E-state index in [9.17, 15) is 22.8 Å². The maximum Gasteiger partial charge on any atom is 0.341 e. The molecule has 0 saturated carbocycles. The van der Waals surface area contributed by atoms with Gasteiger partial charge in [-0.05, 0) is 50.6 Å². The summed E-state index contributed by atoms with van der Waals surface area (Å²) in [4.78, 5) is 39.2. The van der Waals surface area contributed by atoms with Gasteiger partial charge in [-0.1, -0.05) is 11.6 Å². The molecule has 2 amide bonds. The summed E-state index contributed by atoms with van der Waals surface area (Å²) in [6.07, 6.45) is -0.386. The van der Waals surface area contributed by atoms with E-state index in [-0.39, 0.29) is 46.1 Å². The van der Waals surface area contributed by atoms with Crippen LogP contribution in [-0.2, 0) is 19.6 Å². The molecule has 1 aliphatic heterocycles. The number of carbonyl (C=O) groups is 3. The molecule has 13 heteroatoms. The summed E-state index contributed by atoms with van der Waals surface area (Å²) in [5.41, 5.74) is 5.87. The average Bonchev–Trinajstić information content (AvgIpc) is 3.09. The molecule has 2 aromatic rings. The molecule has 1 saturated heterocycles. The highest BCUT2D eigenvalue weighted by atomic mass is 35.5. The van der Waals surface area contributed by atoms with Crippen molar-refractivity contribution in [3.63, 3.8) is 0 Å². The summed E-state index contributed by atoms with van der Waals surface area (Å²) < 4.78 is 32.3. The van der Waals surface area contributed by atoms with Gasteiger partial charge in [0.05, 0.1) is 28.0 Å². The van der Waals surface area contributed by atoms with Crippen LogP contribution in [0.15, 0.2) is 29.2 Å². The van der Waals surface area contributed by atoms with Crippen molar-refractivity contribution in [2.24, 2.45) is 5.73 Å². The first-order valence-electron chi connectivity index (χ1n) is 10.8. The third-order valence-electron chi connectivity index (χ3n) is 5.32. The molecule has 1 fully saturated rings. The third-order valence-corrected chi connectivity index (χ3v) is 8.71. The Morgan fingerprint density at radius 1 is 1.14 bits per heavy atom. The summed E-state index contributed by atoms with van der Waals surface area (Å²) in [6.45, 7) is 6.07. The Morgan fingerprint density at radius 3 is 2.29 bits per heavy atom. The number of amides is 2. The van der Waals surface area contributed by atoms with Crippen LogP contribution in [0.5, 0.6) is 0 Å². The van der Waals surface area contributed by atoms with Gasteiger partial charge in [0.2, 0.25) is 15.9 Å². The van der Waals surface area contributed by atoms with Crippen molar-refractivity contribution in [2.75, 3.05) is 38.0 Å². The highest BCUT2D eigenvalue weighted by molar-refractivity contribution is 7.89. The monoisotopic (exact) mass is 542 g/mol. The molecule has 1 aromatic carbocycles. The van der Waals surface area contributed by atoms with Gasteiger partial charge in [-0.2, -0.15) is 4.31 Å². The minimum absolute atomic E-state index is 0.0175. The van der Waals surface area contributed by atoms with Gasteiger partial charge in [0.25, 0.3) is 5.91 Å². The highest BCUT2D eigenvalue weighted by Crippen LogP contribution is 2.33. The molecule has 3 N–H and O–H groups in total. The van der Waals surface area contributed by atoms with E-state index in [0.29, 0.717) is 23.7 Å². The molecule has 1 aliphatic rings. The van der Waals surface area contributed by atoms with Gasteiger partial charge in [-0.25, -0.2) is 13.2 Å². The van der Waals surface area contributed by atoms with E-state index in [4.69, 9.17) is 22.1 Å². The van der Waals surface area contributed by atoms with Crippen molar-refractivity contribution in [3.05, 3.63) is 45.3 Å². The molecule has 2 heterocycles. The maximum atomic E-state index is 12.8. The number of piperazine rings is 1. The fourth-order valence-electron chi connectivity index (χ4n) is 3.61. The zero-order valence-electron chi connectivity index (χ0n) is 19.5. The molecule has 10 nitrogen and oxygen atoms in total. The Balaban J connectivity index is 1.65. The lowest BCUT2D eigenvalue weighted by molar-refractivity contribution is -0.117. The number of nitrogens with two attached hydrogens (primary N) is 1. The number of carbonyl (C=O) groups excluding carboxylic acids is 3. The Labute approximate surface area is 213 Å². The van der Waals surface area contributed by atoms with Crippen LogP contribution in [0.1, 0.15) is 39.4 Å². The van der Waals surface area contributed by atoms with E-state index in [0.717, 1.165) is 11.3 Å². The minimum Gasteiger partial charge on any atom is -0.459 e. The van der Waals surface area contributed by atoms with E-state index < -0.39 is 27.8 Å². The molecule has 35 heavy (non-hydrogen) atoms. The SMILES string of the molecule is Cc1c(C(N)=O)sc(NC(=O)CN2CCN(S(=O)(=O)c3ccc(Cl)cc3)CC2)c1C(=O)OC(C)C. The summed E-state index contributed by atoms with van der Waals surface area (Å²) in [5.74, 6) is -1.77. The predicted octanol–water partition coefficient (Wildman–Crippen LogP) is 2.32. The Hall–Kier alpha value is -2.51. The van der Waals surface area contributed by atoms with Crippen LogP contribution in [0, 0.1) is 6.92 Å². The van der Waals surface area contributed by atoms with Crippen molar-refractivity contribution in [2.45, 2.75) is 31.8 Å². The highest BCUT2D eigenvalue weighted by Gasteiger charge is 2.30. The number of nitrogens with one attached hydrogen (secondary N) is 1. The van der Waals surface area contributed by atoms with E-state index in [1.807, 2.05) is 4.90 Å². The first-order chi connectivity index (χ1) is 16.4. The number of rotatable bonds is 8. The fourth-order valence-corrected chi connectivity index (χ4v) is 6.22. The molecule has 0 aliphatic carbocycles. The molecule has 0 radical (unpaired) electrons. The lowest BCUT2D eigenvalue weighted by Gasteiger charge is -2.33. The van der Waals surface area contributed by atoms with E-state index in [1.54, 1.807) is 20.8 Å². The number of sulfonamides is 1. The first kappa shape index (κ1) is 27.1. The van der Waals surface area contributed by atoms with Crippen LogP contribution in [0.4, 0.5) is 5.00 Å². The van der Waals surface area contributed by atoms with E-state index >= 15 is 0 Å². The van der Waals surface area contributed by atoms with Crippen LogP contribution in [0.25, 0.3) is 0 Å². The Morgan fingerprint density at radius 2 is 1.74 bits per heavy atom. The number of hydrogen-bond acceptors (Lipinski definition) is 8. The maximum absolute atomic E-state index is 12.8. The fraction of sp³-hybridized carbons (Fsp3) is 0.409. The van der Waals surface area contributed by atoms with Gasteiger partial charge in [0, 0.05) is 31.2 Å². The largest absolute Gasteiger partial charge is 0.459 e. The summed E-state index contributed by atoms with van der Waals surface area (Å²) in [7, 11) is -3.66. The standard InChI is InChI=1S/C22H27ClN4O6S2/c1-13(2)33-22(30)18-14(3)19(20(24)29)34-21(18)25-17(28)12-26-8-10-27(11-9-26)35(31,32)16-6-4-15(23)5-7-16/h4-7,13H,8-12H2,1-3H3,(H2,24,29)(H,25,28). The molecule has 0 bridgehead atoms. The number of halogens is 1. The van der Waals surface area contributed by atoms with Crippen LogP contribution >= 0.6 is 22.9 Å². The number of nitrogens with zero attached hydrogens (tertiary/aromatic N) is 2. The second-order valence-corrected chi connectivity index (χ2v) is 11.7. The number of benzene rings is 1. The van der Waals surface area contributed by atoms with E-state index in [2.05, 4.69) is 5.32 Å². The Bertz CT molecular complexity index is 1220. The minimum atomic E-state index is -3.66. The number of anilines is 1. The summed E-state index contributed by atoms with van der Waals surface area (Å²) >= 11 is 6.77. The smallest absolute Gasteiger partial charge is 0.341 e.